The number of nitrogens with zero attached hydrogens (tertiary/aromatic N) is 4. The Bertz CT molecular complexity index is 1090. The lowest BCUT2D eigenvalue weighted by atomic mass is 9.99. The van der Waals surface area contributed by atoms with E-state index < -0.39 is 18.3 Å². The van der Waals surface area contributed by atoms with Crippen LogP contribution in [0.2, 0.25) is 0 Å². The van der Waals surface area contributed by atoms with Gasteiger partial charge in [0.25, 0.3) is 0 Å². The largest absolute Gasteiger partial charge is 0.573 e. The standard InChI is InChI=1S/C18H15F3N4O2.C2H2O4/c19-18(20,21)26-15-6-2-1-4-13(15)9-25-10-14(11-25)17-23-16(24-27-17)12-5-3-7-22-8-12;3-1(4)2(5)6/h1-8,14H,9-11H2;(H,3,4)(H,5,6). The fourth-order valence-corrected chi connectivity index (χ4v) is 2.97. The molecule has 0 atom stereocenters. The Kier molecular flexibility index (Phi) is 7.23. The smallest absolute Gasteiger partial charge is 0.473 e. The first-order valence-electron chi connectivity index (χ1n) is 9.38. The Morgan fingerprint density at radius 1 is 1.12 bits per heavy atom. The minimum atomic E-state index is -4.71. The summed E-state index contributed by atoms with van der Waals surface area (Å²) in [6, 6.07) is 9.78. The van der Waals surface area contributed by atoms with Crippen molar-refractivity contribution in [2.75, 3.05) is 13.1 Å². The third kappa shape index (κ3) is 6.74. The Hall–Kier alpha value is -4.00. The van der Waals surface area contributed by atoms with E-state index in [0.717, 1.165) is 5.56 Å². The Morgan fingerprint density at radius 2 is 1.82 bits per heavy atom. The average Bonchev–Trinajstić information content (AvgIpc) is 3.21. The highest BCUT2D eigenvalue weighted by Crippen LogP contribution is 2.32. The number of aliphatic carboxylic acids is 2. The quantitative estimate of drug-likeness (QED) is 0.540. The van der Waals surface area contributed by atoms with Gasteiger partial charge in [0.15, 0.2) is 0 Å². The molecule has 0 radical (unpaired) electrons. The fourth-order valence-electron chi connectivity index (χ4n) is 2.97. The molecule has 2 N–H and O–H groups in total. The van der Waals surface area contributed by atoms with Crippen molar-refractivity contribution in [3.8, 4) is 17.1 Å². The molecular weight excluding hydrogens is 449 g/mol. The summed E-state index contributed by atoms with van der Waals surface area (Å²) in [5.41, 5.74) is 1.25. The molecule has 0 amide bonds. The number of ether oxygens (including phenoxy) is 1. The monoisotopic (exact) mass is 466 g/mol. The van der Waals surface area contributed by atoms with Crippen molar-refractivity contribution in [3.05, 3.63) is 60.2 Å². The number of para-hydroxylation sites is 1. The summed E-state index contributed by atoms with van der Waals surface area (Å²) in [6.45, 7) is 1.59. The van der Waals surface area contributed by atoms with Crippen molar-refractivity contribution in [1.29, 1.82) is 0 Å². The van der Waals surface area contributed by atoms with E-state index in [1.165, 1.54) is 12.1 Å². The predicted molar refractivity (Wildman–Crippen MR) is 104 cm³/mol. The van der Waals surface area contributed by atoms with Crippen LogP contribution < -0.4 is 4.74 Å². The summed E-state index contributed by atoms with van der Waals surface area (Å²) in [4.78, 5) is 28.6. The molecule has 174 valence electrons. The molecule has 3 heterocycles. The van der Waals surface area contributed by atoms with E-state index in [9.17, 15) is 13.2 Å². The van der Waals surface area contributed by atoms with Gasteiger partial charge in [-0.15, -0.1) is 13.2 Å². The van der Waals surface area contributed by atoms with E-state index in [0.29, 0.717) is 36.9 Å². The molecule has 1 aliphatic heterocycles. The van der Waals surface area contributed by atoms with E-state index in [1.807, 2.05) is 11.0 Å². The van der Waals surface area contributed by atoms with Crippen LogP contribution in [0.1, 0.15) is 17.4 Å². The van der Waals surface area contributed by atoms with E-state index in [4.69, 9.17) is 24.3 Å². The molecule has 13 heteroatoms. The average molecular weight is 466 g/mol. The second-order valence-corrected chi connectivity index (χ2v) is 6.85. The van der Waals surface area contributed by atoms with Gasteiger partial charge < -0.3 is 19.5 Å². The number of hydrogen-bond donors (Lipinski definition) is 2. The fraction of sp³-hybridized carbons (Fsp3) is 0.250. The maximum absolute atomic E-state index is 12.5. The molecule has 3 aromatic rings. The van der Waals surface area contributed by atoms with Crippen LogP contribution in [0.4, 0.5) is 13.2 Å². The summed E-state index contributed by atoms with van der Waals surface area (Å²) < 4.78 is 47.0. The molecule has 0 unspecified atom stereocenters. The third-order valence-electron chi connectivity index (χ3n) is 4.44. The SMILES string of the molecule is FC(F)(F)Oc1ccccc1CN1CC(c2nc(-c3cccnc3)no2)C1.O=C(O)C(=O)O. The van der Waals surface area contributed by atoms with Gasteiger partial charge >= 0.3 is 18.3 Å². The molecule has 0 spiro atoms. The third-order valence-corrected chi connectivity index (χ3v) is 4.44. The molecule has 10 nitrogen and oxygen atoms in total. The number of carboxylic acid groups (broad SMARTS) is 2. The van der Waals surface area contributed by atoms with Crippen LogP contribution in [-0.2, 0) is 16.1 Å². The highest BCUT2D eigenvalue weighted by atomic mass is 19.4. The molecule has 2 aromatic heterocycles. The molecular formula is C20H17F3N4O6. The van der Waals surface area contributed by atoms with Crippen LogP contribution in [0.15, 0.2) is 53.3 Å². The lowest BCUT2D eigenvalue weighted by Crippen LogP contribution is -2.44. The van der Waals surface area contributed by atoms with E-state index in [-0.39, 0.29) is 11.7 Å². The van der Waals surface area contributed by atoms with E-state index in [2.05, 4.69) is 19.9 Å². The molecule has 4 rings (SSSR count). The Labute approximate surface area is 184 Å². The normalized spacial score (nSPS) is 14.0. The van der Waals surface area contributed by atoms with Gasteiger partial charge in [0, 0.05) is 43.2 Å². The van der Waals surface area contributed by atoms with Gasteiger partial charge in [-0.05, 0) is 18.2 Å². The highest BCUT2D eigenvalue weighted by molar-refractivity contribution is 6.27. The van der Waals surface area contributed by atoms with Crippen molar-refractivity contribution in [2.45, 2.75) is 18.8 Å². The number of halogens is 3. The van der Waals surface area contributed by atoms with Gasteiger partial charge in [-0.25, -0.2) is 9.59 Å². The van der Waals surface area contributed by atoms with Gasteiger partial charge in [-0.3, -0.25) is 9.88 Å². The number of alkyl halides is 3. The van der Waals surface area contributed by atoms with Crippen molar-refractivity contribution in [1.82, 2.24) is 20.0 Å². The van der Waals surface area contributed by atoms with Crippen molar-refractivity contribution >= 4 is 11.9 Å². The molecule has 0 bridgehead atoms. The lowest BCUT2D eigenvalue weighted by Gasteiger charge is -2.37. The summed E-state index contributed by atoms with van der Waals surface area (Å²) in [6.07, 6.45) is -1.39. The topological polar surface area (TPSA) is 139 Å². The van der Waals surface area contributed by atoms with E-state index >= 15 is 0 Å². The first-order valence-corrected chi connectivity index (χ1v) is 9.38. The first-order chi connectivity index (χ1) is 15.6. The minimum absolute atomic E-state index is 0.0543. The van der Waals surface area contributed by atoms with Crippen molar-refractivity contribution in [2.24, 2.45) is 0 Å². The number of rotatable bonds is 5. The Balaban J connectivity index is 0.000000454. The van der Waals surface area contributed by atoms with Crippen LogP contribution in [0.25, 0.3) is 11.4 Å². The number of carboxylic acids is 2. The van der Waals surface area contributed by atoms with Gasteiger partial charge in [-0.1, -0.05) is 23.4 Å². The number of benzene rings is 1. The van der Waals surface area contributed by atoms with Crippen molar-refractivity contribution < 1.29 is 42.2 Å². The molecule has 0 saturated carbocycles. The zero-order valence-electron chi connectivity index (χ0n) is 16.8. The van der Waals surface area contributed by atoms with Gasteiger partial charge in [-0.2, -0.15) is 4.98 Å². The van der Waals surface area contributed by atoms with Crippen LogP contribution in [0.5, 0.6) is 5.75 Å². The van der Waals surface area contributed by atoms with Crippen LogP contribution in [0, 0.1) is 0 Å². The highest BCUT2D eigenvalue weighted by Gasteiger charge is 2.35. The molecule has 1 aromatic carbocycles. The second kappa shape index (κ2) is 10.1. The number of aromatic nitrogens is 3. The van der Waals surface area contributed by atoms with Crippen LogP contribution in [-0.4, -0.2) is 61.6 Å². The Morgan fingerprint density at radius 3 is 2.42 bits per heavy atom. The molecule has 1 fully saturated rings. The first kappa shape index (κ1) is 23.7. The maximum atomic E-state index is 12.5. The molecule has 0 aliphatic carbocycles. The van der Waals surface area contributed by atoms with Crippen LogP contribution >= 0.6 is 0 Å². The van der Waals surface area contributed by atoms with Crippen molar-refractivity contribution in [3.63, 3.8) is 0 Å². The summed E-state index contributed by atoms with van der Waals surface area (Å²) in [5.74, 6) is -2.78. The lowest BCUT2D eigenvalue weighted by molar-refractivity contribution is -0.275. The zero-order valence-corrected chi connectivity index (χ0v) is 16.8. The van der Waals surface area contributed by atoms with Crippen LogP contribution in [0.3, 0.4) is 0 Å². The summed E-state index contributed by atoms with van der Waals surface area (Å²) in [7, 11) is 0. The zero-order chi connectivity index (χ0) is 24.0. The number of pyridine rings is 1. The maximum Gasteiger partial charge on any atom is 0.573 e. The molecule has 1 aliphatic rings. The number of hydrogen-bond acceptors (Lipinski definition) is 8. The second-order valence-electron chi connectivity index (χ2n) is 6.85. The number of likely N-dealkylation sites (tertiary alicyclic amines) is 1. The predicted octanol–water partition coefficient (Wildman–Crippen LogP) is 2.79. The molecule has 1 saturated heterocycles. The summed E-state index contributed by atoms with van der Waals surface area (Å²) >= 11 is 0. The molecule has 33 heavy (non-hydrogen) atoms. The van der Waals surface area contributed by atoms with Gasteiger partial charge in [0.2, 0.25) is 11.7 Å². The summed E-state index contributed by atoms with van der Waals surface area (Å²) in [5, 5.41) is 18.7. The van der Waals surface area contributed by atoms with Gasteiger partial charge in [0.1, 0.15) is 5.75 Å². The van der Waals surface area contributed by atoms with E-state index in [1.54, 1.807) is 30.6 Å². The minimum Gasteiger partial charge on any atom is -0.473 e. The number of carbonyl (C=O) groups is 2. The van der Waals surface area contributed by atoms with Gasteiger partial charge in [0.05, 0.1) is 5.92 Å².